The summed E-state index contributed by atoms with van der Waals surface area (Å²) in [5, 5.41) is 3.59. The van der Waals surface area contributed by atoms with Crippen molar-refractivity contribution in [3.8, 4) is 0 Å². The van der Waals surface area contributed by atoms with Gasteiger partial charge in [-0.05, 0) is 30.2 Å². The second-order valence-corrected chi connectivity index (χ2v) is 8.45. The molecular formula is C25H29N7O. The highest BCUT2D eigenvalue weighted by Crippen LogP contribution is 2.22. The van der Waals surface area contributed by atoms with Gasteiger partial charge in [0.25, 0.3) is 5.91 Å². The molecule has 0 saturated carbocycles. The van der Waals surface area contributed by atoms with E-state index in [1.807, 2.05) is 29.2 Å². The lowest BCUT2D eigenvalue weighted by molar-refractivity contribution is 0.0766. The summed E-state index contributed by atoms with van der Waals surface area (Å²) in [6, 6.07) is 16.5. The number of nitrogens with one attached hydrogen (secondary N) is 1. The number of hydrogen-bond donors (Lipinski definition) is 1. The standard InChI is InChI=1S/C25H29N7O/c33-24(30-13-5-14-31(17-16-30)25-27-10-4-11-28-25)21-8-9-23(29-18-21)32-15-12-26-22(19-32)20-6-2-1-3-7-20/h1-4,6-11,18,22,26H,5,12-17,19H2/t22-/m1/s1. The first-order chi connectivity index (χ1) is 16.3. The first kappa shape index (κ1) is 21.3. The van der Waals surface area contributed by atoms with Crippen LogP contribution >= 0.6 is 0 Å². The van der Waals surface area contributed by atoms with Gasteiger partial charge < -0.3 is 20.0 Å². The van der Waals surface area contributed by atoms with Crippen LogP contribution in [0.4, 0.5) is 11.8 Å². The number of benzene rings is 1. The number of hydrogen-bond acceptors (Lipinski definition) is 7. The molecule has 0 radical (unpaired) electrons. The molecule has 8 heteroatoms. The van der Waals surface area contributed by atoms with Crippen LogP contribution in [0.1, 0.15) is 28.4 Å². The number of anilines is 2. The zero-order valence-electron chi connectivity index (χ0n) is 18.7. The minimum absolute atomic E-state index is 0.0346. The highest BCUT2D eigenvalue weighted by Gasteiger charge is 2.24. The van der Waals surface area contributed by atoms with Crippen LogP contribution in [0.25, 0.3) is 0 Å². The molecule has 2 saturated heterocycles. The van der Waals surface area contributed by atoms with E-state index in [0.29, 0.717) is 12.1 Å². The Bertz CT molecular complexity index is 1050. The minimum atomic E-state index is 0.0346. The molecule has 0 unspecified atom stereocenters. The molecule has 1 aromatic carbocycles. The number of amides is 1. The van der Waals surface area contributed by atoms with Gasteiger partial charge in [-0.15, -0.1) is 0 Å². The monoisotopic (exact) mass is 443 g/mol. The molecule has 2 aliphatic heterocycles. The maximum atomic E-state index is 13.1. The topological polar surface area (TPSA) is 77.5 Å². The van der Waals surface area contributed by atoms with Gasteiger partial charge in [0.2, 0.25) is 5.95 Å². The van der Waals surface area contributed by atoms with Crippen molar-refractivity contribution in [2.45, 2.75) is 12.5 Å². The van der Waals surface area contributed by atoms with Crippen molar-refractivity contribution in [3.63, 3.8) is 0 Å². The number of carbonyl (C=O) groups excluding carboxylic acids is 1. The van der Waals surface area contributed by atoms with E-state index >= 15 is 0 Å². The maximum Gasteiger partial charge on any atom is 0.255 e. The Balaban J connectivity index is 1.21. The van der Waals surface area contributed by atoms with Crippen molar-refractivity contribution in [1.29, 1.82) is 0 Å². The van der Waals surface area contributed by atoms with Crippen LogP contribution in [0.5, 0.6) is 0 Å². The van der Waals surface area contributed by atoms with Gasteiger partial charge in [-0.1, -0.05) is 30.3 Å². The van der Waals surface area contributed by atoms with Gasteiger partial charge in [-0.25, -0.2) is 15.0 Å². The molecule has 2 aliphatic rings. The molecule has 3 aromatic rings. The predicted molar refractivity (Wildman–Crippen MR) is 128 cm³/mol. The van der Waals surface area contributed by atoms with E-state index in [1.54, 1.807) is 18.6 Å². The number of aromatic nitrogens is 3. The second-order valence-electron chi connectivity index (χ2n) is 8.45. The Morgan fingerprint density at radius 3 is 2.48 bits per heavy atom. The molecule has 2 aromatic heterocycles. The largest absolute Gasteiger partial charge is 0.353 e. The predicted octanol–water partition coefficient (Wildman–Crippen LogP) is 2.38. The first-order valence-corrected chi connectivity index (χ1v) is 11.6. The molecule has 2 fully saturated rings. The highest BCUT2D eigenvalue weighted by atomic mass is 16.2. The molecule has 33 heavy (non-hydrogen) atoms. The quantitative estimate of drug-likeness (QED) is 0.663. The molecule has 1 N–H and O–H groups in total. The fourth-order valence-corrected chi connectivity index (χ4v) is 4.52. The van der Waals surface area contributed by atoms with Gasteiger partial charge in [0, 0.05) is 70.4 Å². The molecule has 1 atom stereocenters. The maximum absolute atomic E-state index is 13.1. The average molecular weight is 444 g/mol. The summed E-state index contributed by atoms with van der Waals surface area (Å²) >= 11 is 0. The fraction of sp³-hybridized carbons (Fsp3) is 0.360. The summed E-state index contributed by atoms with van der Waals surface area (Å²) in [4.78, 5) is 32.8. The summed E-state index contributed by atoms with van der Waals surface area (Å²) in [5.74, 6) is 1.67. The van der Waals surface area contributed by atoms with Crippen LogP contribution in [0.15, 0.2) is 67.1 Å². The van der Waals surface area contributed by atoms with Crippen LogP contribution < -0.4 is 15.1 Å². The van der Waals surface area contributed by atoms with Gasteiger partial charge in [0.15, 0.2) is 0 Å². The molecule has 0 bridgehead atoms. The van der Waals surface area contributed by atoms with Crippen molar-refractivity contribution >= 4 is 17.7 Å². The zero-order valence-corrected chi connectivity index (χ0v) is 18.7. The Hall–Kier alpha value is -3.52. The highest BCUT2D eigenvalue weighted by molar-refractivity contribution is 5.94. The summed E-state index contributed by atoms with van der Waals surface area (Å²) in [5.41, 5.74) is 1.92. The lowest BCUT2D eigenvalue weighted by Crippen LogP contribution is -2.46. The number of nitrogens with zero attached hydrogens (tertiary/aromatic N) is 6. The normalized spacial score (nSPS) is 19.3. The summed E-state index contributed by atoms with van der Waals surface area (Å²) in [6.45, 7) is 5.59. The fourth-order valence-electron chi connectivity index (χ4n) is 4.52. The van der Waals surface area contributed by atoms with E-state index in [4.69, 9.17) is 0 Å². The number of pyridine rings is 1. The van der Waals surface area contributed by atoms with Crippen LogP contribution in [0.2, 0.25) is 0 Å². The molecule has 1 amide bonds. The van der Waals surface area contributed by atoms with Gasteiger partial charge in [0.1, 0.15) is 5.82 Å². The van der Waals surface area contributed by atoms with Crippen LogP contribution in [0, 0.1) is 0 Å². The van der Waals surface area contributed by atoms with E-state index in [9.17, 15) is 4.79 Å². The molecule has 5 rings (SSSR count). The molecule has 4 heterocycles. The van der Waals surface area contributed by atoms with E-state index < -0.39 is 0 Å². The third-order valence-corrected chi connectivity index (χ3v) is 6.31. The Labute approximate surface area is 194 Å². The number of carbonyl (C=O) groups is 1. The lowest BCUT2D eigenvalue weighted by atomic mass is 10.0. The molecular weight excluding hydrogens is 414 g/mol. The van der Waals surface area contributed by atoms with Crippen molar-refractivity contribution in [3.05, 3.63) is 78.2 Å². The second kappa shape index (κ2) is 9.95. The SMILES string of the molecule is O=C(c1ccc(N2CCN[C@@H](c3ccccc3)C2)nc1)N1CCCN(c2ncccn2)CC1. The van der Waals surface area contributed by atoms with Crippen LogP contribution in [0.3, 0.4) is 0 Å². The lowest BCUT2D eigenvalue weighted by Gasteiger charge is -2.34. The Morgan fingerprint density at radius 2 is 1.70 bits per heavy atom. The van der Waals surface area contributed by atoms with Crippen molar-refractivity contribution in [1.82, 2.24) is 25.2 Å². The molecule has 170 valence electrons. The molecule has 0 aliphatic carbocycles. The third-order valence-electron chi connectivity index (χ3n) is 6.31. The number of rotatable bonds is 4. The summed E-state index contributed by atoms with van der Waals surface area (Å²) in [6.07, 6.45) is 6.12. The third kappa shape index (κ3) is 4.96. The van der Waals surface area contributed by atoms with Gasteiger partial charge in [-0.2, -0.15) is 0 Å². The minimum Gasteiger partial charge on any atom is -0.353 e. The average Bonchev–Trinajstić information content (AvgIpc) is 3.16. The van der Waals surface area contributed by atoms with Crippen molar-refractivity contribution < 1.29 is 4.79 Å². The Morgan fingerprint density at radius 1 is 0.848 bits per heavy atom. The summed E-state index contributed by atoms with van der Waals surface area (Å²) in [7, 11) is 0. The van der Waals surface area contributed by atoms with Gasteiger partial charge >= 0.3 is 0 Å². The smallest absolute Gasteiger partial charge is 0.255 e. The van der Waals surface area contributed by atoms with Crippen molar-refractivity contribution in [2.24, 2.45) is 0 Å². The van der Waals surface area contributed by atoms with Crippen LogP contribution in [-0.4, -0.2) is 71.6 Å². The summed E-state index contributed by atoms with van der Waals surface area (Å²) < 4.78 is 0. The van der Waals surface area contributed by atoms with Gasteiger partial charge in [-0.3, -0.25) is 4.79 Å². The van der Waals surface area contributed by atoms with Crippen molar-refractivity contribution in [2.75, 3.05) is 55.6 Å². The van der Waals surface area contributed by atoms with E-state index in [2.05, 4.69) is 54.3 Å². The first-order valence-electron chi connectivity index (χ1n) is 11.6. The van der Waals surface area contributed by atoms with E-state index in [0.717, 1.165) is 57.5 Å². The zero-order chi connectivity index (χ0) is 22.5. The van der Waals surface area contributed by atoms with E-state index in [1.165, 1.54) is 5.56 Å². The van der Waals surface area contributed by atoms with E-state index in [-0.39, 0.29) is 11.9 Å². The number of piperazine rings is 1. The Kier molecular flexibility index (Phi) is 6.44. The molecule has 8 nitrogen and oxygen atoms in total. The van der Waals surface area contributed by atoms with Gasteiger partial charge in [0.05, 0.1) is 5.56 Å². The van der Waals surface area contributed by atoms with Crippen LogP contribution in [-0.2, 0) is 0 Å². The molecule has 0 spiro atoms.